The summed E-state index contributed by atoms with van der Waals surface area (Å²) >= 11 is 0. The Hall–Kier alpha value is -2.85. The van der Waals surface area contributed by atoms with Crippen molar-refractivity contribution in [2.75, 3.05) is 11.5 Å². The van der Waals surface area contributed by atoms with Gasteiger partial charge in [0.05, 0.1) is 0 Å². The highest BCUT2D eigenvalue weighted by Crippen LogP contribution is 2.08. The van der Waals surface area contributed by atoms with Gasteiger partial charge in [0.1, 0.15) is 12.1 Å². The minimum atomic E-state index is -0.989. The van der Waals surface area contributed by atoms with E-state index in [9.17, 15) is 9.59 Å². The summed E-state index contributed by atoms with van der Waals surface area (Å²) in [7, 11) is 0. The van der Waals surface area contributed by atoms with Crippen LogP contribution in [-0.2, 0) is 22.4 Å². The molecule has 0 aliphatic carbocycles. The summed E-state index contributed by atoms with van der Waals surface area (Å²) in [6.45, 7) is 0. The van der Waals surface area contributed by atoms with Crippen LogP contribution in [0.1, 0.15) is 11.1 Å². The second-order valence-corrected chi connectivity index (χ2v) is 5.78. The number of rotatable bonds is 6. The van der Waals surface area contributed by atoms with Crippen molar-refractivity contribution in [3.8, 4) is 0 Å². The van der Waals surface area contributed by atoms with Gasteiger partial charge in [0, 0.05) is 11.4 Å². The second-order valence-electron chi connectivity index (χ2n) is 5.78. The number of nitrogen functional groups attached to an aromatic ring is 2. The standard InChI is InChI=1S/2C9H12N2O2.ClH.H2O/c2*10-7-3-1-6(2-4-7)5-8(11)9(12)13;;/h2*1-4,8H,5,10-11H2,(H,12,13);1H;1H2. The van der Waals surface area contributed by atoms with E-state index in [0.29, 0.717) is 24.2 Å². The summed E-state index contributed by atoms with van der Waals surface area (Å²) in [4.78, 5) is 20.8. The summed E-state index contributed by atoms with van der Waals surface area (Å²) in [6.07, 6.45) is 0.658. The second kappa shape index (κ2) is 13.3. The molecule has 12 N–H and O–H groups in total. The fraction of sp³-hybridized carbons (Fsp3) is 0.222. The molecular formula is C18H27ClN4O5. The van der Waals surface area contributed by atoms with Gasteiger partial charge in [0.25, 0.3) is 0 Å². The first-order valence-electron chi connectivity index (χ1n) is 7.84. The lowest BCUT2D eigenvalue weighted by Gasteiger charge is -2.05. The van der Waals surface area contributed by atoms with E-state index in [2.05, 4.69) is 0 Å². The Bertz CT molecular complexity index is 662. The number of hydrogen-bond acceptors (Lipinski definition) is 6. The highest BCUT2D eigenvalue weighted by atomic mass is 35.5. The van der Waals surface area contributed by atoms with Crippen LogP contribution in [0.25, 0.3) is 0 Å². The van der Waals surface area contributed by atoms with Gasteiger partial charge in [-0.15, -0.1) is 12.4 Å². The number of hydrogen-bond donors (Lipinski definition) is 6. The number of carboxylic acids is 2. The van der Waals surface area contributed by atoms with Crippen LogP contribution < -0.4 is 22.9 Å². The Labute approximate surface area is 169 Å². The molecule has 28 heavy (non-hydrogen) atoms. The molecule has 9 nitrogen and oxygen atoms in total. The molecule has 0 aliphatic heterocycles. The van der Waals surface area contributed by atoms with Crippen molar-refractivity contribution in [2.24, 2.45) is 11.5 Å². The van der Waals surface area contributed by atoms with Crippen molar-refractivity contribution in [2.45, 2.75) is 24.9 Å². The SMILES string of the molecule is Cl.Nc1ccc(CC(N)C(=O)O)cc1.Nc1ccc(CC(N)C(=O)O)cc1.O. The average molecular weight is 415 g/mol. The highest BCUT2D eigenvalue weighted by Gasteiger charge is 2.12. The summed E-state index contributed by atoms with van der Waals surface area (Å²) < 4.78 is 0. The first-order valence-corrected chi connectivity index (χ1v) is 7.84. The van der Waals surface area contributed by atoms with Crippen LogP contribution in [0.4, 0.5) is 11.4 Å². The molecule has 0 bridgehead atoms. The normalized spacial score (nSPS) is 11.5. The summed E-state index contributed by atoms with van der Waals surface area (Å²) in [6, 6.07) is 12.3. The monoisotopic (exact) mass is 414 g/mol. The predicted molar refractivity (Wildman–Crippen MR) is 111 cm³/mol. The number of benzene rings is 2. The number of aliphatic carboxylic acids is 2. The smallest absolute Gasteiger partial charge is 0.320 e. The molecule has 10 heteroatoms. The molecule has 2 rings (SSSR count). The fourth-order valence-electron chi connectivity index (χ4n) is 1.99. The minimum Gasteiger partial charge on any atom is -0.480 e. The van der Waals surface area contributed by atoms with Gasteiger partial charge >= 0.3 is 11.9 Å². The van der Waals surface area contributed by atoms with Crippen molar-refractivity contribution in [1.29, 1.82) is 0 Å². The summed E-state index contributed by atoms with van der Waals surface area (Å²) in [5.41, 5.74) is 24.7. The highest BCUT2D eigenvalue weighted by molar-refractivity contribution is 5.85. The average Bonchev–Trinajstić information content (AvgIpc) is 2.59. The van der Waals surface area contributed by atoms with E-state index in [1.807, 2.05) is 0 Å². The van der Waals surface area contributed by atoms with Crippen LogP contribution in [0.15, 0.2) is 48.5 Å². The van der Waals surface area contributed by atoms with E-state index in [-0.39, 0.29) is 17.9 Å². The van der Waals surface area contributed by atoms with Crippen molar-refractivity contribution >= 4 is 35.7 Å². The van der Waals surface area contributed by atoms with E-state index < -0.39 is 24.0 Å². The zero-order valence-corrected chi connectivity index (χ0v) is 15.9. The zero-order valence-electron chi connectivity index (χ0n) is 15.1. The molecule has 0 saturated carbocycles. The molecule has 0 heterocycles. The zero-order chi connectivity index (χ0) is 19.7. The summed E-state index contributed by atoms with van der Waals surface area (Å²) in [5, 5.41) is 17.1. The van der Waals surface area contributed by atoms with Crippen LogP contribution in [0.2, 0.25) is 0 Å². The molecule has 2 atom stereocenters. The first-order chi connectivity index (χ1) is 12.2. The van der Waals surface area contributed by atoms with Gasteiger partial charge in [-0.2, -0.15) is 0 Å². The largest absolute Gasteiger partial charge is 0.480 e. The fourth-order valence-corrected chi connectivity index (χ4v) is 1.99. The lowest BCUT2D eigenvalue weighted by Crippen LogP contribution is -2.32. The molecule has 2 aromatic rings. The van der Waals surface area contributed by atoms with Crippen LogP contribution >= 0.6 is 12.4 Å². The van der Waals surface area contributed by atoms with E-state index in [0.717, 1.165) is 11.1 Å². The van der Waals surface area contributed by atoms with Crippen molar-refractivity contribution in [3.05, 3.63) is 59.7 Å². The maximum Gasteiger partial charge on any atom is 0.320 e. The Morgan fingerprint density at radius 2 is 0.964 bits per heavy atom. The molecule has 0 spiro atoms. The van der Waals surface area contributed by atoms with Crippen molar-refractivity contribution in [1.82, 2.24) is 0 Å². The predicted octanol–water partition coefficient (Wildman–Crippen LogP) is 0.0435. The third kappa shape index (κ3) is 10.3. The molecule has 0 amide bonds. The molecule has 156 valence electrons. The molecule has 0 saturated heterocycles. The topological polar surface area (TPSA) is 210 Å². The molecule has 0 aromatic heterocycles. The molecule has 0 fully saturated rings. The van der Waals surface area contributed by atoms with Crippen LogP contribution in [-0.4, -0.2) is 39.7 Å². The molecular weight excluding hydrogens is 388 g/mol. The maximum absolute atomic E-state index is 10.4. The minimum absolute atomic E-state index is 0. The van der Waals surface area contributed by atoms with Gasteiger partial charge in [-0.3, -0.25) is 9.59 Å². The molecule has 2 aromatic carbocycles. The lowest BCUT2D eigenvalue weighted by atomic mass is 10.1. The van der Waals surface area contributed by atoms with Crippen molar-refractivity contribution in [3.63, 3.8) is 0 Å². The van der Waals surface area contributed by atoms with Crippen LogP contribution in [0.3, 0.4) is 0 Å². The Morgan fingerprint density at radius 1 is 0.714 bits per heavy atom. The number of anilines is 2. The van der Waals surface area contributed by atoms with E-state index in [4.69, 9.17) is 33.1 Å². The number of nitrogens with two attached hydrogens (primary N) is 4. The third-order valence-corrected chi connectivity index (χ3v) is 3.51. The van der Waals surface area contributed by atoms with Gasteiger partial charge in [-0.25, -0.2) is 0 Å². The molecule has 0 aliphatic rings. The van der Waals surface area contributed by atoms with Crippen LogP contribution in [0, 0.1) is 0 Å². The van der Waals surface area contributed by atoms with Gasteiger partial charge in [0.2, 0.25) is 0 Å². The number of carbonyl (C=O) groups is 2. The number of carboxylic acid groups (broad SMARTS) is 2. The lowest BCUT2D eigenvalue weighted by molar-refractivity contribution is -0.139. The Balaban J connectivity index is 0. The van der Waals surface area contributed by atoms with E-state index in [1.54, 1.807) is 48.5 Å². The van der Waals surface area contributed by atoms with Gasteiger partial charge in [-0.05, 0) is 48.2 Å². The van der Waals surface area contributed by atoms with Crippen molar-refractivity contribution < 1.29 is 25.3 Å². The van der Waals surface area contributed by atoms with E-state index in [1.165, 1.54) is 0 Å². The van der Waals surface area contributed by atoms with E-state index >= 15 is 0 Å². The first kappa shape index (κ1) is 27.4. The van der Waals surface area contributed by atoms with Gasteiger partial charge in [0.15, 0.2) is 0 Å². The van der Waals surface area contributed by atoms with Gasteiger partial charge in [-0.1, -0.05) is 24.3 Å². The maximum atomic E-state index is 10.4. The Morgan fingerprint density at radius 3 is 1.18 bits per heavy atom. The molecule has 0 radical (unpaired) electrons. The quantitative estimate of drug-likeness (QED) is 0.354. The summed E-state index contributed by atoms with van der Waals surface area (Å²) in [5.74, 6) is -1.98. The molecule has 2 unspecified atom stereocenters. The Kier molecular flexibility index (Phi) is 13.0. The third-order valence-electron chi connectivity index (χ3n) is 3.51. The van der Waals surface area contributed by atoms with Crippen LogP contribution in [0.5, 0.6) is 0 Å². The van der Waals surface area contributed by atoms with Gasteiger partial charge < -0.3 is 38.6 Å². The number of halogens is 1.